The maximum absolute atomic E-state index is 5.73. The Kier molecular flexibility index (Phi) is 2.59. The van der Waals surface area contributed by atoms with E-state index in [4.69, 9.17) is 11.6 Å². The molecule has 0 aliphatic heterocycles. The standard InChI is InChI=1S/C10H14ClN3/c1-3-7-4-8(7)13-9-6(2)5-12-10(11)14-9/h5,7-8H,3-4H2,1-2H3,(H,12,13,14). The van der Waals surface area contributed by atoms with Crippen LogP contribution in [-0.2, 0) is 0 Å². The van der Waals surface area contributed by atoms with Crippen molar-refractivity contribution in [2.24, 2.45) is 5.92 Å². The van der Waals surface area contributed by atoms with Crippen molar-refractivity contribution in [2.45, 2.75) is 32.7 Å². The molecule has 1 aromatic heterocycles. The number of anilines is 1. The van der Waals surface area contributed by atoms with Crippen molar-refractivity contribution in [2.75, 3.05) is 5.32 Å². The van der Waals surface area contributed by atoms with E-state index in [1.165, 1.54) is 12.8 Å². The van der Waals surface area contributed by atoms with Crippen LogP contribution in [0.2, 0.25) is 5.28 Å². The zero-order chi connectivity index (χ0) is 10.1. The van der Waals surface area contributed by atoms with E-state index in [2.05, 4.69) is 22.2 Å². The summed E-state index contributed by atoms with van der Waals surface area (Å²) in [4.78, 5) is 8.09. The van der Waals surface area contributed by atoms with Crippen LogP contribution < -0.4 is 5.32 Å². The van der Waals surface area contributed by atoms with Gasteiger partial charge in [0.2, 0.25) is 5.28 Å². The van der Waals surface area contributed by atoms with E-state index in [1.54, 1.807) is 6.20 Å². The zero-order valence-electron chi connectivity index (χ0n) is 8.42. The Balaban J connectivity index is 2.06. The Labute approximate surface area is 88.9 Å². The lowest BCUT2D eigenvalue weighted by Crippen LogP contribution is -2.08. The van der Waals surface area contributed by atoms with Gasteiger partial charge in [-0.1, -0.05) is 13.3 Å². The third-order valence-electron chi connectivity index (χ3n) is 2.71. The van der Waals surface area contributed by atoms with Gasteiger partial charge in [-0.3, -0.25) is 0 Å². The summed E-state index contributed by atoms with van der Waals surface area (Å²) in [6.45, 7) is 4.20. The number of halogens is 1. The highest BCUT2D eigenvalue weighted by Crippen LogP contribution is 2.36. The molecule has 0 spiro atoms. The first-order valence-electron chi connectivity index (χ1n) is 4.96. The fourth-order valence-corrected chi connectivity index (χ4v) is 1.75. The fourth-order valence-electron chi connectivity index (χ4n) is 1.62. The number of aryl methyl sites for hydroxylation is 1. The molecular formula is C10H14ClN3. The van der Waals surface area contributed by atoms with Crippen molar-refractivity contribution in [3.63, 3.8) is 0 Å². The van der Waals surface area contributed by atoms with E-state index in [9.17, 15) is 0 Å². The largest absolute Gasteiger partial charge is 0.367 e. The summed E-state index contributed by atoms with van der Waals surface area (Å²) in [7, 11) is 0. The van der Waals surface area contributed by atoms with Gasteiger partial charge in [-0.25, -0.2) is 9.97 Å². The highest BCUT2D eigenvalue weighted by molar-refractivity contribution is 6.28. The van der Waals surface area contributed by atoms with Crippen LogP contribution in [0.1, 0.15) is 25.3 Å². The Bertz CT molecular complexity index is 340. The van der Waals surface area contributed by atoms with Crippen molar-refractivity contribution >= 4 is 17.4 Å². The molecule has 14 heavy (non-hydrogen) atoms. The van der Waals surface area contributed by atoms with E-state index in [-0.39, 0.29) is 0 Å². The number of nitrogens with zero attached hydrogens (tertiary/aromatic N) is 2. The van der Waals surface area contributed by atoms with Gasteiger partial charge in [-0.15, -0.1) is 0 Å². The predicted molar refractivity (Wildman–Crippen MR) is 57.6 cm³/mol. The van der Waals surface area contributed by atoms with Gasteiger partial charge in [-0.05, 0) is 30.9 Å². The van der Waals surface area contributed by atoms with E-state index < -0.39 is 0 Å². The van der Waals surface area contributed by atoms with Crippen LogP contribution in [0.5, 0.6) is 0 Å². The molecule has 0 radical (unpaired) electrons. The lowest BCUT2D eigenvalue weighted by Gasteiger charge is -2.07. The van der Waals surface area contributed by atoms with Crippen LogP contribution >= 0.6 is 11.6 Å². The van der Waals surface area contributed by atoms with E-state index in [0.717, 1.165) is 17.3 Å². The Morgan fingerprint density at radius 2 is 2.43 bits per heavy atom. The number of nitrogens with one attached hydrogen (secondary N) is 1. The molecule has 1 N–H and O–H groups in total. The van der Waals surface area contributed by atoms with Gasteiger partial charge in [0.25, 0.3) is 0 Å². The molecule has 1 saturated carbocycles. The molecule has 0 aromatic carbocycles. The number of aromatic nitrogens is 2. The summed E-state index contributed by atoms with van der Waals surface area (Å²) >= 11 is 5.73. The minimum absolute atomic E-state index is 0.312. The molecule has 0 amide bonds. The molecular weight excluding hydrogens is 198 g/mol. The Hall–Kier alpha value is -0.830. The quantitative estimate of drug-likeness (QED) is 0.782. The molecule has 76 valence electrons. The van der Waals surface area contributed by atoms with E-state index in [0.29, 0.717) is 11.3 Å². The van der Waals surface area contributed by atoms with Crippen LogP contribution in [0.3, 0.4) is 0 Å². The normalized spacial score (nSPS) is 24.8. The molecule has 1 aliphatic carbocycles. The topological polar surface area (TPSA) is 37.8 Å². The highest BCUT2D eigenvalue weighted by Gasteiger charge is 2.35. The molecule has 1 aliphatic rings. The smallest absolute Gasteiger partial charge is 0.224 e. The first-order chi connectivity index (χ1) is 6.70. The minimum atomic E-state index is 0.312. The van der Waals surface area contributed by atoms with Gasteiger partial charge in [0.05, 0.1) is 0 Å². The van der Waals surface area contributed by atoms with E-state index in [1.807, 2.05) is 6.92 Å². The van der Waals surface area contributed by atoms with Gasteiger partial charge in [0.15, 0.2) is 0 Å². The maximum Gasteiger partial charge on any atom is 0.224 e. The minimum Gasteiger partial charge on any atom is -0.367 e. The molecule has 1 fully saturated rings. The SMILES string of the molecule is CCC1CC1Nc1nc(Cl)ncc1C. The second-order valence-electron chi connectivity index (χ2n) is 3.83. The van der Waals surface area contributed by atoms with Gasteiger partial charge in [0.1, 0.15) is 5.82 Å². The number of hydrogen-bond donors (Lipinski definition) is 1. The zero-order valence-corrected chi connectivity index (χ0v) is 9.17. The predicted octanol–water partition coefficient (Wildman–Crippen LogP) is 2.65. The summed E-state index contributed by atoms with van der Waals surface area (Å²) in [6.07, 6.45) is 4.23. The van der Waals surface area contributed by atoms with E-state index >= 15 is 0 Å². The third-order valence-corrected chi connectivity index (χ3v) is 2.89. The summed E-state index contributed by atoms with van der Waals surface area (Å²) in [5, 5.41) is 3.70. The summed E-state index contributed by atoms with van der Waals surface area (Å²) < 4.78 is 0. The molecule has 1 heterocycles. The fraction of sp³-hybridized carbons (Fsp3) is 0.600. The first kappa shape index (κ1) is 9.71. The molecule has 2 atom stereocenters. The van der Waals surface area contributed by atoms with Crippen LogP contribution in [-0.4, -0.2) is 16.0 Å². The molecule has 0 saturated heterocycles. The lowest BCUT2D eigenvalue weighted by molar-refractivity contribution is 0.772. The van der Waals surface area contributed by atoms with Crippen LogP contribution in [0.25, 0.3) is 0 Å². The second-order valence-corrected chi connectivity index (χ2v) is 4.16. The summed E-state index contributed by atoms with van der Waals surface area (Å²) in [5.74, 6) is 1.69. The van der Waals surface area contributed by atoms with Gasteiger partial charge in [-0.2, -0.15) is 0 Å². The van der Waals surface area contributed by atoms with Crippen LogP contribution in [0.4, 0.5) is 5.82 Å². The molecule has 0 bridgehead atoms. The van der Waals surface area contributed by atoms with Crippen molar-refractivity contribution in [1.82, 2.24) is 9.97 Å². The van der Waals surface area contributed by atoms with Crippen LogP contribution in [0, 0.1) is 12.8 Å². The average molecular weight is 212 g/mol. The average Bonchev–Trinajstić information content (AvgIpc) is 2.90. The van der Waals surface area contributed by atoms with Gasteiger partial charge < -0.3 is 5.32 Å². The molecule has 2 unspecified atom stereocenters. The maximum atomic E-state index is 5.73. The molecule has 1 aromatic rings. The third kappa shape index (κ3) is 1.98. The Morgan fingerprint density at radius 1 is 1.64 bits per heavy atom. The van der Waals surface area contributed by atoms with Gasteiger partial charge in [0, 0.05) is 17.8 Å². The number of hydrogen-bond acceptors (Lipinski definition) is 3. The van der Waals surface area contributed by atoms with Crippen molar-refractivity contribution in [3.05, 3.63) is 17.0 Å². The molecule has 4 heteroatoms. The lowest BCUT2D eigenvalue weighted by atomic mass is 10.3. The van der Waals surface area contributed by atoms with Gasteiger partial charge >= 0.3 is 0 Å². The van der Waals surface area contributed by atoms with Crippen molar-refractivity contribution < 1.29 is 0 Å². The summed E-state index contributed by atoms with van der Waals surface area (Å²) in [5.41, 5.74) is 1.05. The van der Waals surface area contributed by atoms with Crippen LogP contribution in [0.15, 0.2) is 6.20 Å². The molecule has 2 rings (SSSR count). The first-order valence-corrected chi connectivity index (χ1v) is 5.34. The monoisotopic (exact) mass is 211 g/mol. The van der Waals surface area contributed by atoms with Crippen molar-refractivity contribution in [1.29, 1.82) is 0 Å². The number of rotatable bonds is 3. The summed E-state index contributed by atoms with van der Waals surface area (Å²) in [6, 6.07) is 0.588. The Morgan fingerprint density at radius 3 is 3.07 bits per heavy atom. The molecule has 3 nitrogen and oxygen atoms in total. The van der Waals surface area contributed by atoms with Crippen molar-refractivity contribution in [3.8, 4) is 0 Å². The highest BCUT2D eigenvalue weighted by atomic mass is 35.5. The second kappa shape index (κ2) is 3.73.